The molecule has 0 aliphatic heterocycles. The van der Waals surface area contributed by atoms with E-state index in [9.17, 15) is 8.42 Å². The number of nitrogens with two attached hydrogens (primary N) is 1. The Kier molecular flexibility index (Phi) is 4.73. The smallest absolute Gasteiger partial charge is 0.279 e. The van der Waals surface area contributed by atoms with Crippen molar-refractivity contribution < 1.29 is 8.42 Å². The minimum atomic E-state index is -3.31. The van der Waals surface area contributed by atoms with Crippen molar-refractivity contribution in [3.05, 3.63) is 0 Å². The summed E-state index contributed by atoms with van der Waals surface area (Å²) in [6.07, 6.45) is 4.12. The maximum atomic E-state index is 11.8. The van der Waals surface area contributed by atoms with E-state index in [1.165, 1.54) is 10.7 Å². The minimum Gasteiger partial charge on any atom is -0.330 e. The molecule has 1 aliphatic rings. The average Bonchev–Trinajstić information content (AvgIpc) is 2.20. The summed E-state index contributed by atoms with van der Waals surface area (Å²) in [6.45, 7) is 3.65. The number of nitrogens with one attached hydrogen (secondary N) is 1. The molecular formula is C10H23N3O2S. The Morgan fingerprint density at radius 3 is 2.50 bits per heavy atom. The van der Waals surface area contributed by atoms with Crippen LogP contribution in [0.3, 0.4) is 0 Å². The molecule has 16 heavy (non-hydrogen) atoms. The van der Waals surface area contributed by atoms with Crippen LogP contribution in [0, 0.1) is 5.41 Å². The molecule has 0 saturated heterocycles. The van der Waals surface area contributed by atoms with Crippen LogP contribution in [0.25, 0.3) is 0 Å². The third-order valence-corrected chi connectivity index (χ3v) is 4.84. The van der Waals surface area contributed by atoms with E-state index in [2.05, 4.69) is 11.6 Å². The summed E-state index contributed by atoms with van der Waals surface area (Å²) in [4.78, 5) is 0. The lowest BCUT2D eigenvalue weighted by Gasteiger charge is -2.38. The Bertz CT molecular complexity index is 312. The highest BCUT2D eigenvalue weighted by molar-refractivity contribution is 7.87. The van der Waals surface area contributed by atoms with Crippen molar-refractivity contribution in [2.24, 2.45) is 11.1 Å². The molecule has 1 rings (SSSR count). The first-order valence-electron chi connectivity index (χ1n) is 5.81. The van der Waals surface area contributed by atoms with Crippen LogP contribution >= 0.6 is 0 Å². The molecular weight excluding hydrogens is 226 g/mol. The van der Waals surface area contributed by atoms with E-state index in [0.29, 0.717) is 26.1 Å². The maximum absolute atomic E-state index is 11.8. The number of hydrogen-bond acceptors (Lipinski definition) is 3. The molecule has 5 nitrogen and oxygen atoms in total. The highest BCUT2D eigenvalue weighted by Crippen LogP contribution is 2.39. The Morgan fingerprint density at radius 1 is 1.44 bits per heavy atom. The average molecular weight is 249 g/mol. The number of rotatable bonds is 7. The van der Waals surface area contributed by atoms with Gasteiger partial charge in [-0.15, -0.1) is 0 Å². The zero-order valence-electron chi connectivity index (χ0n) is 10.2. The van der Waals surface area contributed by atoms with E-state index in [1.54, 1.807) is 7.05 Å². The van der Waals surface area contributed by atoms with Gasteiger partial charge in [0.1, 0.15) is 0 Å². The van der Waals surface area contributed by atoms with Crippen LogP contribution in [0.1, 0.15) is 32.6 Å². The van der Waals surface area contributed by atoms with Gasteiger partial charge >= 0.3 is 0 Å². The first-order valence-corrected chi connectivity index (χ1v) is 7.25. The lowest BCUT2D eigenvalue weighted by atomic mass is 9.71. The molecule has 0 aromatic heterocycles. The molecule has 6 heteroatoms. The summed E-state index contributed by atoms with van der Waals surface area (Å²) in [6, 6.07) is 0. The van der Waals surface area contributed by atoms with E-state index in [4.69, 9.17) is 5.73 Å². The summed E-state index contributed by atoms with van der Waals surface area (Å²) in [5, 5.41) is 0. The van der Waals surface area contributed by atoms with Crippen LogP contribution in [-0.2, 0) is 10.2 Å². The van der Waals surface area contributed by atoms with Crippen LogP contribution in [-0.4, -0.2) is 39.4 Å². The van der Waals surface area contributed by atoms with Gasteiger partial charge in [-0.1, -0.05) is 13.3 Å². The Labute approximate surface area is 98.6 Å². The Balaban J connectivity index is 2.38. The fourth-order valence-corrected chi connectivity index (χ4v) is 2.89. The van der Waals surface area contributed by atoms with Crippen molar-refractivity contribution >= 4 is 10.2 Å². The van der Waals surface area contributed by atoms with E-state index in [-0.39, 0.29) is 5.41 Å². The quantitative estimate of drug-likeness (QED) is 0.681. The molecule has 0 spiro atoms. The molecule has 0 aromatic carbocycles. The van der Waals surface area contributed by atoms with Crippen molar-refractivity contribution in [1.82, 2.24) is 9.03 Å². The standard InChI is InChI=1S/C10H23N3O2S/c1-10(5-3-6-10)9-12-16(14,15)13(2)8-4-7-11/h12H,3-9,11H2,1-2H3. The highest BCUT2D eigenvalue weighted by atomic mass is 32.2. The fraction of sp³-hybridized carbons (Fsp3) is 1.00. The fourth-order valence-electron chi connectivity index (χ4n) is 1.77. The molecule has 0 heterocycles. The molecule has 0 radical (unpaired) electrons. The van der Waals surface area contributed by atoms with Gasteiger partial charge < -0.3 is 5.73 Å². The second-order valence-electron chi connectivity index (χ2n) is 4.95. The van der Waals surface area contributed by atoms with E-state index >= 15 is 0 Å². The third-order valence-electron chi connectivity index (χ3n) is 3.33. The van der Waals surface area contributed by atoms with E-state index in [1.807, 2.05) is 0 Å². The molecule has 1 saturated carbocycles. The van der Waals surface area contributed by atoms with Gasteiger partial charge in [-0.2, -0.15) is 12.7 Å². The first-order chi connectivity index (χ1) is 7.40. The molecule has 96 valence electrons. The van der Waals surface area contributed by atoms with Crippen molar-refractivity contribution in [2.75, 3.05) is 26.7 Å². The summed E-state index contributed by atoms with van der Waals surface area (Å²) < 4.78 is 27.6. The normalized spacial score (nSPS) is 19.8. The van der Waals surface area contributed by atoms with Gasteiger partial charge in [0, 0.05) is 20.1 Å². The molecule has 0 atom stereocenters. The molecule has 1 fully saturated rings. The second-order valence-corrected chi connectivity index (χ2v) is 6.82. The van der Waals surface area contributed by atoms with Crippen molar-refractivity contribution in [3.63, 3.8) is 0 Å². The zero-order chi connectivity index (χ0) is 12.2. The summed E-state index contributed by atoms with van der Waals surface area (Å²) in [7, 11) is -1.73. The van der Waals surface area contributed by atoms with Gasteiger partial charge in [0.2, 0.25) is 0 Å². The van der Waals surface area contributed by atoms with E-state index in [0.717, 1.165) is 12.8 Å². The van der Waals surface area contributed by atoms with Crippen LogP contribution in [0.15, 0.2) is 0 Å². The zero-order valence-corrected chi connectivity index (χ0v) is 11.0. The van der Waals surface area contributed by atoms with Gasteiger partial charge in [-0.3, -0.25) is 0 Å². The SMILES string of the molecule is CN(CCCN)S(=O)(=O)NCC1(C)CCC1. The lowest BCUT2D eigenvalue weighted by Crippen LogP contribution is -2.45. The van der Waals surface area contributed by atoms with Gasteiger partial charge in [0.25, 0.3) is 10.2 Å². The lowest BCUT2D eigenvalue weighted by molar-refractivity contribution is 0.165. The van der Waals surface area contributed by atoms with Gasteiger partial charge in [-0.05, 0) is 31.2 Å². The van der Waals surface area contributed by atoms with Gasteiger partial charge in [-0.25, -0.2) is 4.72 Å². The molecule has 1 aliphatic carbocycles. The summed E-state index contributed by atoms with van der Waals surface area (Å²) in [5.41, 5.74) is 5.52. The Hall–Kier alpha value is -0.170. The minimum absolute atomic E-state index is 0.168. The monoisotopic (exact) mass is 249 g/mol. The summed E-state index contributed by atoms with van der Waals surface area (Å²) in [5.74, 6) is 0. The van der Waals surface area contributed by atoms with Crippen molar-refractivity contribution in [2.45, 2.75) is 32.6 Å². The topological polar surface area (TPSA) is 75.4 Å². The van der Waals surface area contributed by atoms with Crippen LogP contribution in [0.5, 0.6) is 0 Å². The molecule has 0 unspecified atom stereocenters. The first kappa shape index (κ1) is 13.9. The van der Waals surface area contributed by atoms with Crippen LogP contribution in [0.4, 0.5) is 0 Å². The van der Waals surface area contributed by atoms with Crippen molar-refractivity contribution in [1.29, 1.82) is 0 Å². The Morgan fingerprint density at radius 2 is 2.06 bits per heavy atom. The largest absolute Gasteiger partial charge is 0.330 e. The molecule has 0 bridgehead atoms. The van der Waals surface area contributed by atoms with E-state index < -0.39 is 10.2 Å². The molecule has 0 amide bonds. The second kappa shape index (κ2) is 5.44. The molecule has 0 aromatic rings. The van der Waals surface area contributed by atoms with Crippen LogP contribution < -0.4 is 10.5 Å². The predicted octanol–water partition coefficient (Wildman–Crippen LogP) is 0.292. The maximum Gasteiger partial charge on any atom is 0.279 e. The predicted molar refractivity (Wildman–Crippen MR) is 65.2 cm³/mol. The van der Waals surface area contributed by atoms with Gasteiger partial charge in [0.05, 0.1) is 0 Å². The summed E-state index contributed by atoms with van der Waals surface area (Å²) >= 11 is 0. The number of hydrogen-bond donors (Lipinski definition) is 2. The van der Waals surface area contributed by atoms with Crippen LogP contribution in [0.2, 0.25) is 0 Å². The number of nitrogens with zero attached hydrogens (tertiary/aromatic N) is 1. The van der Waals surface area contributed by atoms with Crippen molar-refractivity contribution in [3.8, 4) is 0 Å². The molecule has 3 N–H and O–H groups in total. The highest BCUT2D eigenvalue weighted by Gasteiger charge is 2.33. The van der Waals surface area contributed by atoms with Gasteiger partial charge in [0.15, 0.2) is 0 Å². The third kappa shape index (κ3) is 3.69.